The van der Waals surface area contributed by atoms with Gasteiger partial charge in [0.2, 0.25) is 11.8 Å². The number of carbonyl (C=O) groups excluding carboxylic acids is 2. The monoisotopic (exact) mass is 342 g/mol. The zero-order valence-corrected chi connectivity index (χ0v) is 14.1. The van der Waals surface area contributed by atoms with Crippen LogP contribution in [0, 0.1) is 5.92 Å². The Morgan fingerprint density at radius 3 is 2.64 bits per heavy atom. The molecule has 0 unspecified atom stereocenters. The summed E-state index contributed by atoms with van der Waals surface area (Å²) in [6.45, 7) is 1.61. The Hall–Kier alpha value is -2.70. The van der Waals surface area contributed by atoms with Crippen LogP contribution in [-0.2, 0) is 16.1 Å². The number of aryl methyl sites for hydroxylation is 1. The number of rotatable bonds is 5. The lowest BCUT2D eigenvalue weighted by atomic mass is 9.96. The summed E-state index contributed by atoms with van der Waals surface area (Å²) in [4.78, 5) is 41.9. The van der Waals surface area contributed by atoms with Gasteiger partial charge in [-0.25, -0.2) is 4.98 Å². The molecule has 2 N–H and O–H groups in total. The number of aromatic nitrogens is 2. The smallest absolute Gasteiger partial charge is 0.261 e. The fraction of sp³-hybridized carbons (Fsp3) is 0.444. The molecular formula is C18H22N4O3. The third kappa shape index (κ3) is 3.87. The van der Waals surface area contributed by atoms with E-state index in [-0.39, 0.29) is 23.3 Å². The Labute approximate surface area is 145 Å². The molecule has 0 radical (unpaired) electrons. The average Bonchev–Trinajstić information content (AvgIpc) is 2.64. The van der Waals surface area contributed by atoms with E-state index in [0.717, 1.165) is 0 Å². The first kappa shape index (κ1) is 17.1. The predicted octanol–water partition coefficient (Wildman–Crippen LogP) is 0.901. The number of likely N-dealkylation sites (tertiary alicyclic amines) is 1. The largest absolute Gasteiger partial charge is 0.369 e. The molecule has 1 fully saturated rings. The van der Waals surface area contributed by atoms with Gasteiger partial charge >= 0.3 is 0 Å². The van der Waals surface area contributed by atoms with Crippen LogP contribution in [0.1, 0.15) is 25.7 Å². The Morgan fingerprint density at radius 1 is 1.20 bits per heavy atom. The quantitative estimate of drug-likeness (QED) is 0.873. The highest BCUT2D eigenvalue weighted by atomic mass is 16.2. The number of benzene rings is 1. The molecule has 1 aliphatic rings. The Bertz CT molecular complexity index is 838. The maximum Gasteiger partial charge on any atom is 0.261 e. The van der Waals surface area contributed by atoms with Crippen molar-refractivity contribution in [2.24, 2.45) is 11.7 Å². The van der Waals surface area contributed by atoms with Gasteiger partial charge in [-0.3, -0.25) is 19.0 Å². The van der Waals surface area contributed by atoms with Gasteiger partial charge in [0.1, 0.15) is 0 Å². The third-order valence-electron chi connectivity index (χ3n) is 4.77. The van der Waals surface area contributed by atoms with E-state index in [1.54, 1.807) is 21.6 Å². The minimum Gasteiger partial charge on any atom is -0.369 e. The number of nitrogens with zero attached hydrogens (tertiary/aromatic N) is 3. The number of carbonyl (C=O) groups is 2. The van der Waals surface area contributed by atoms with Crippen molar-refractivity contribution in [1.82, 2.24) is 14.5 Å². The number of nitrogens with two attached hydrogens (primary N) is 1. The van der Waals surface area contributed by atoms with Gasteiger partial charge in [-0.05, 0) is 31.4 Å². The number of fused-ring (bicyclic) bond motifs is 1. The molecule has 0 saturated carbocycles. The first-order chi connectivity index (χ1) is 12.1. The lowest BCUT2D eigenvalue weighted by molar-refractivity contribution is -0.135. The van der Waals surface area contributed by atoms with E-state index in [0.29, 0.717) is 56.2 Å². The zero-order chi connectivity index (χ0) is 17.8. The van der Waals surface area contributed by atoms with Gasteiger partial charge in [0, 0.05) is 32.0 Å². The molecule has 1 aromatic carbocycles. The van der Waals surface area contributed by atoms with Crippen LogP contribution >= 0.6 is 0 Å². The SMILES string of the molecule is NC(=O)C1CCN(C(=O)CCCn2cnc3ccccc3c2=O)CC1. The number of para-hydroxylation sites is 1. The molecule has 0 aliphatic carbocycles. The van der Waals surface area contributed by atoms with E-state index in [9.17, 15) is 14.4 Å². The van der Waals surface area contributed by atoms with Gasteiger partial charge < -0.3 is 10.6 Å². The van der Waals surface area contributed by atoms with Crippen molar-refractivity contribution in [2.45, 2.75) is 32.2 Å². The molecule has 3 rings (SSSR count). The van der Waals surface area contributed by atoms with E-state index in [1.807, 2.05) is 12.1 Å². The molecule has 7 nitrogen and oxygen atoms in total. The summed E-state index contributed by atoms with van der Waals surface area (Å²) >= 11 is 0. The van der Waals surface area contributed by atoms with Gasteiger partial charge in [-0.15, -0.1) is 0 Å². The molecule has 1 aromatic heterocycles. The molecule has 2 heterocycles. The van der Waals surface area contributed by atoms with Gasteiger partial charge in [0.25, 0.3) is 5.56 Å². The summed E-state index contributed by atoms with van der Waals surface area (Å²) in [6, 6.07) is 7.23. The summed E-state index contributed by atoms with van der Waals surface area (Å²) in [5.41, 5.74) is 5.90. The molecule has 1 saturated heterocycles. The fourth-order valence-corrected chi connectivity index (χ4v) is 3.24. The summed E-state index contributed by atoms with van der Waals surface area (Å²) in [7, 11) is 0. The van der Waals surface area contributed by atoms with Gasteiger partial charge in [0.05, 0.1) is 17.2 Å². The number of amides is 2. The van der Waals surface area contributed by atoms with Crippen LogP contribution in [0.3, 0.4) is 0 Å². The van der Waals surface area contributed by atoms with Gasteiger partial charge in [-0.2, -0.15) is 0 Å². The maximum atomic E-state index is 12.4. The van der Waals surface area contributed by atoms with Crippen molar-refractivity contribution in [2.75, 3.05) is 13.1 Å². The van der Waals surface area contributed by atoms with Crippen molar-refractivity contribution < 1.29 is 9.59 Å². The van der Waals surface area contributed by atoms with E-state index < -0.39 is 0 Å². The lowest BCUT2D eigenvalue weighted by Gasteiger charge is -2.30. The van der Waals surface area contributed by atoms with E-state index in [2.05, 4.69) is 4.98 Å². The molecule has 25 heavy (non-hydrogen) atoms. The van der Waals surface area contributed by atoms with Crippen molar-refractivity contribution in [3.8, 4) is 0 Å². The van der Waals surface area contributed by atoms with Crippen molar-refractivity contribution >= 4 is 22.7 Å². The molecule has 0 spiro atoms. The Kier molecular flexibility index (Phi) is 5.11. The molecular weight excluding hydrogens is 320 g/mol. The number of primary amides is 1. The summed E-state index contributed by atoms with van der Waals surface area (Å²) < 4.78 is 1.55. The third-order valence-corrected chi connectivity index (χ3v) is 4.77. The minimum absolute atomic E-state index is 0.0599. The second kappa shape index (κ2) is 7.46. The summed E-state index contributed by atoms with van der Waals surface area (Å²) in [5, 5.41) is 0.588. The molecule has 0 atom stereocenters. The molecule has 2 amide bonds. The summed E-state index contributed by atoms with van der Waals surface area (Å²) in [5.74, 6) is -0.341. The highest BCUT2D eigenvalue weighted by Crippen LogP contribution is 2.17. The topological polar surface area (TPSA) is 98.3 Å². The van der Waals surface area contributed by atoms with E-state index >= 15 is 0 Å². The molecule has 7 heteroatoms. The fourth-order valence-electron chi connectivity index (χ4n) is 3.24. The number of hydrogen-bond acceptors (Lipinski definition) is 4. The van der Waals surface area contributed by atoms with Crippen molar-refractivity contribution in [1.29, 1.82) is 0 Å². The summed E-state index contributed by atoms with van der Waals surface area (Å²) in [6.07, 6.45) is 3.76. The minimum atomic E-state index is -0.282. The Morgan fingerprint density at radius 2 is 1.92 bits per heavy atom. The lowest BCUT2D eigenvalue weighted by Crippen LogP contribution is -2.41. The zero-order valence-electron chi connectivity index (χ0n) is 14.1. The van der Waals surface area contributed by atoms with Crippen LogP contribution in [0.2, 0.25) is 0 Å². The van der Waals surface area contributed by atoms with Crippen molar-refractivity contribution in [3.63, 3.8) is 0 Å². The Balaban J connectivity index is 1.53. The number of piperidine rings is 1. The maximum absolute atomic E-state index is 12.4. The molecule has 132 valence electrons. The average molecular weight is 342 g/mol. The normalized spacial score (nSPS) is 15.4. The predicted molar refractivity (Wildman–Crippen MR) is 93.7 cm³/mol. The van der Waals surface area contributed by atoms with Crippen LogP contribution in [0.25, 0.3) is 10.9 Å². The van der Waals surface area contributed by atoms with Crippen LogP contribution in [0.5, 0.6) is 0 Å². The van der Waals surface area contributed by atoms with Gasteiger partial charge in [-0.1, -0.05) is 12.1 Å². The first-order valence-corrected chi connectivity index (χ1v) is 8.57. The van der Waals surface area contributed by atoms with Crippen LogP contribution in [0.4, 0.5) is 0 Å². The molecule has 1 aliphatic heterocycles. The highest BCUT2D eigenvalue weighted by molar-refractivity contribution is 5.79. The van der Waals surface area contributed by atoms with E-state index in [1.165, 1.54) is 6.33 Å². The molecule has 2 aromatic rings. The van der Waals surface area contributed by atoms with E-state index in [4.69, 9.17) is 5.73 Å². The standard InChI is InChI=1S/C18H22N4O3/c19-17(24)13-7-10-21(11-8-13)16(23)6-3-9-22-12-20-15-5-2-1-4-14(15)18(22)25/h1-2,4-5,12-13H,3,6-11H2,(H2,19,24). The van der Waals surface area contributed by atoms with Crippen molar-refractivity contribution in [3.05, 3.63) is 40.9 Å². The van der Waals surface area contributed by atoms with Crippen LogP contribution in [0.15, 0.2) is 35.4 Å². The molecule has 0 bridgehead atoms. The first-order valence-electron chi connectivity index (χ1n) is 8.57. The van der Waals surface area contributed by atoms with Gasteiger partial charge in [0.15, 0.2) is 0 Å². The van der Waals surface area contributed by atoms with Crippen LogP contribution in [-0.4, -0.2) is 39.4 Å². The second-order valence-corrected chi connectivity index (χ2v) is 6.42. The second-order valence-electron chi connectivity index (χ2n) is 6.42. The van der Waals surface area contributed by atoms with Crippen LogP contribution < -0.4 is 11.3 Å². The highest BCUT2D eigenvalue weighted by Gasteiger charge is 2.25. The number of hydrogen-bond donors (Lipinski definition) is 1.